The summed E-state index contributed by atoms with van der Waals surface area (Å²) in [6, 6.07) is 4.73. The van der Waals surface area contributed by atoms with Crippen LogP contribution in [0.5, 0.6) is 0 Å². The zero-order valence-corrected chi connectivity index (χ0v) is 8.82. The molecule has 1 aromatic carbocycles. The van der Waals surface area contributed by atoms with Gasteiger partial charge in [0, 0.05) is 18.6 Å². The molecular formula is C11H13NO3. The van der Waals surface area contributed by atoms with Crippen LogP contribution in [0.1, 0.15) is 24.5 Å². The lowest BCUT2D eigenvalue weighted by molar-refractivity contribution is -0.384. The van der Waals surface area contributed by atoms with E-state index < -0.39 is 4.92 Å². The molecule has 0 saturated carbocycles. The topological polar surface area (TPSA) is 60.2 Å². The SMILES string of the molecule is CC(=O)CCc1cc([N+](=O)[O-])ccc1C. The molecule has 1 rings (SSSR count). The summed E-state index contributed by atoms with van der Waals surface area (Å²) in [5.41, 5.74) is 1.94. The number of carbonyl (C=O) groups is 1. The van der Waals surface area contributed by atoms with Crippen molar-refractivity contribution in [1.82, 2.24) is 0 Å². The third kappa shape index (κ3) is 3.16. The highest BCUT2D eigenvalue weighted by Gasteiger charge is 2.08. The molecule has 15 heavy (non-hydrogen) atoms. The summed E-state index contributed by atoms with van der Waals surface area (Å²) in [6.07, 6.45) is 1.00. The van der Waals surface area contributed by atoms with Crippen molar-refractivity contribution in [3.63, 3.8) is 0 Å². The Morgan fingerprint density at radius 2 is 2.13 bits per heavy atom. The minimum Gasteiger partial charge on any atom is -0.300 e. The van der Waals surface area contributed by atoms with E-state index in [0.717, 1.165) is 11.1 Å². The second-order valence-electron chi connectivity index (χ2n) is 3.57. The lowest BCUT2D eigenvalue weighted by Crippen LogP contribution is -1.98. The molecule has 0 unspecified atom stereocenters. The lowest BCUT2D eigenvalue weighted by atomic mass is 10.0. The summed E-state index contributed by atoms with van der Waals surface area (Å²) in [4.78, 5) is 20.9. The average molecular weight is 207 g/mol. The van der Waals surface area contributed by atoms with Crippen LogP contribution in [-0.2, 0) is 11.2 Å². The van der Waals surface area contributed by atoms with Crippen LogP contribution >= 0.6 is 0 Å². The molecule has 0 aliphatic carbocycles. The predicted molar refractivity (Wildman–Crippen MR) is 56.8 cm³/mol. The van der Waals surface area contributed by atoms with Gasteiger partial charge < -0.3 is 4.79 Å². The Morgan fingerprint density at radius 3 is 2.67 bits per heavy atom. The van der Waals surface area contributed by atoms with Crippen molar-refractivity contribution >= 4 is 11.5 Å². The molecule has 0 aromatic heterocycles. The molecule has 0 saturated heterocycles. The minimum absolute atomic E-state index is 0.0825. The van der Waals surface area contributed by atoms with Gasteiger partial charge in [0.05, 0.1) is 4.92 Å². The number of benzene rings is 1. The maximum atomic E-state index is 10.8. The normalized spacial score (nSPS) is 10.0. The standard InChI is InChI=1S/C11H13NO3/c1-8-3-6-11(12(14)15)7-10(8)5-4-9(2)13/h3,6-7H,4-5H2,1-2H3. The highest BCUT2D eigenvalue weighted by Crippen LogP contribution is 2.18. The maximum Gasteiger partial charge on any atom is 0.269 e. The van der Waals surface area contributed by atoms with Gasteiger partial charge in [-0.25, -0.2) is 0 Å². The van der Waals surface area contributed by atoms with Crippen molar-refractivity contribution in [2.24, 2.45) is 0 Å². The third-order valence-electron chi connectivity index (χ3n) is 2.29. The molecule has 0 aliphatic rings. The van der Waals surface area contributed by atoms with Gasteiger partial charge in [0.2, 0.25) is 0 Å². The fourth-order valence-electron chi connectivity index (χ4n) is 1.35. The zero-order valence-electron chi connectivity index (χ0n) is 8.82. The quantitative estimate of drug-likeness (QED) is 0.562. The van der Waals surface area contributed by atoms with Gasteiger partial charge in [-0.1, -0.05) is 6.07 Å². The van der Waals surface area contributed by atoms with Crippen LogP contribution in [0.15, 0.2) is 18.2 Å². The minimum atomic E-state index is -0.420. The van der Waals surface area contributed by atoms with Crippen LogP contribution < -0.4 is 0 Å². The van der Waals surface area contributed by atoms with E-state index in [1.807, 2.05) is 6.92 Å². The number of aryl methyl sites for hydroxylation is 2. The highest BCUT2D eigenvalue weighted by atomic mass is 16.6. The average Bonchev–Trinajstić information content (AvgIpc) is 2.16. The lowest BCUT2D eigenvalue weighted by Gasteiger charge is -2.03. The van der Waals surface area contributed by atoms with E-state index in [9.17, 15) is 14.9 Å². The number of hydrogen-bond acceptors (Lipinski definition) is 3. The molecule has 0 amide bonds. The molecule has 4 nitrogen and oxygen atoms in total. The number of hydrogen-bond donors (Lipinski definition) is 0. The van der Waals surface area contributed by atoms with Crippen LogP contribution in [0, 0.1) is 17.0 Å². The Balaban J connectivity index is 2.90. The molecule has 4 heteroatoms. The summed E-state index contributed by atoms with van der Waals surface area (Å²) in [5, 5.41) is 10.5. The van der Waals surface area contributed by atoms with Gasteiger partial charge in [-0.2, -0.15) is 0 Å². The Hall–Kier alpha value is -1.71. The van der Waals surface area contributed by atoms with E-state index >= 15 is 0 Å². The highest BCUT2D eigenvalue weighted by molar-refractivity contribution is 5.75. The largest absolute Gasteiger partial charge is 0.300 e. The first-order valence-electron chi connectivity index (χ1n) is 4.74. The van der Waals surface area contributed by atoms with Gasteiger partial charge in [-0.3, -0.25) is 10.1 Å². The van der Waals surface area contributed by atoms with E-state index in [4.69, 9.17) is 0 Å². The first-order chi connectivity index (χ1) is 7.00. The van der Waals surface area contributed by atoms with Gasteiger partial charge in [0.1, 0.15) is 5.78 Å². The van der Waals surface area contributed by atoms with Crippen LogP contribution in [0.3, 0.4) is 0 Å². The second-order valence-corrected chi connectivity index (χ2v) is 3.57. The van der Waals surface area contributed by atoms with Gasteiger partial charge >= 0.3 is 0 Å². The molecule has 80 valence electrons. The van der Waals surface area contributed by atoms with Crippen molar-refractivity contribution < 1.29 is 9.72 Å². The van der Waals surface area contributed by atoms with E-state index in [1.54, 1.807) is 6.07 Å². The second kappa shape index (κ2) is 4.68. The molecule has 0 heterocycles. The Bertz CT molecular complexity index is 399. The van der Waals surface area contributed by atoms with E-state index in [-0.39, 0.29) is 11.5 Å². The number of Topliss-reactive ketones (excluding diaryl/α,β-unsaturated/α-hetero) is 1. The molecule has 0 aliphatic heterocycles. The number of ketones is 1. The number of carbonyl (C=O) groups excluding carboxylic acids is 1. The van der Waals surface area contributed by atoms with Gasteiger partial charge in [0.25, 0.3) is 5.69 Å². The zero-order chi connectivity index (χ0) is 11.4. The Labute approximate surface area is 88.1 Å². The fraction of sp³-hybridized carbons (Fsp3) is 0.364. The number of rotatable bonds is 4. The summed E-state index contributed by atoms with van der Waals surface area (Å²) in [7, 11) is 0. The first kappa shape index (κ1) is 11.4. The van der Waals surface area contributed by atoms with Gasteiger partial charge in [-0.05, 0) is 31.4 Å². The number of nitrogens with zero attached hydrogens (tertiary/aromatic N) is 1. The van der Waals surface area contributed by atoms with Crippen molar-refractivity contribution in [2.75, 3.05) is 0 Å². The Morgan fingerprint density at radius 1 is 1.47 bits per heavy atom. The monoisotopic (exact) mass is 207 g/mol. The van der Waals surface area contributed by atoms with E-state index in [2.05, 4.69) is 0 Å². The van der Waals surface area contributed by atoms with Crippen LogP contribution in [0.4, 0.5) is 5.69 Å². The van der Waals surface area contributed by atoms with E-state index in [0.29, 0.717) is 12.8 Å². The van der Waals surface area contributed by atoms with E-state index in [1.165, 1.54) is 19.1 Å². The molecule has 0 fully saturated rings. The summed E-state index contributed by atoms with van der Waals surface area (Å²) in [5.74, 6) is 0.0981. The van der Waals surface area contributed by atoms with Crippen LogP contribution in [0.2, 0.25) is 0 Å². The number of nitro benzene ring substituents is 1. The summed E-state index contributed by atoms with van der Waals surface area (Å²) < 4.78 is 0. The Kier molecular flexibility index (Phi) is 3.55. The molecule has 0 bridgehead atoms. The van der Waals surface area contributed by atoms with Gasteiger partial charge in [0.15, 0.2) is 0 Å². The number of non-ortho nitro benzene ring substituents is 1. The van der Waals surface area contributed by atoms with Crippen molar-refractivity contribution in [2.45, 2.75) is 26.7 Å². The first-order valence-corrected chi connectivity index (χ1v) is 4.74. The molecule has 0 spiro atoms. The third-order valence-corrected chi connectivity index (χ3v) is 2.29. The predicted octanol–water partition coefficient (Wildman–Crippen LogP) is 2.42. The molecule has 0 radical (unpaired) electrons. The van der Waals surface area contributed by atoms with Gasteiger partial charge in [-0.15, -0.1) is 0 Å². The number of nitro groups is 1. The van der Waals surface area contributed by atoms with Crippen molar-refractivity contribution in [1.29, 1.82) is 0 Å². The van der Waals surface area contributed by atoms with Crippen molar-refractivity contribution in [3.8, 4) is 0 Å². The molecule has 1 aromatic rings. The summed E-state index contributed by atoms with van der Waals surface area (Å²) in [6.45, 7) is 3.41. The smallest absolute Gasteiger partial charge is 0.269 e. The van der Waals surface area contributed by atoms with Crippen molar-refractivity contribution in [3.05, 3.63) is 39.4 Å². The molecule has 0 N–H and O–H groups in total. The molecular weight excluding hydrogens is 194 g/mol. The van der Waals surface area contributed by atoms with Crippen LogP contribution in [-0.4, -0.2) is 10.7 Å². The van der Waals surface area contributed by atoms with Crippen LogP contribution in [0.25, 0.3) is 0 Å². The molecule has 0 atom stereocenters. The summed E-state index contributed by atoms with van der Waals surface area (Å²) >= 11 is 0. The maximum absolute atomic E-state index is 10.8. The fourth-order valence-corrected chi connectivity index (χ4v) is 1.35.